The number of hydrogen-bond donors (Lipinski definition) is 1. The highest BCUT2D eigenvalue weighted by molar-refractivity contribution is 5.99. The molecule has 1 aromatic carbocycles. The quantitative estimate of drug-likeness (QED) is 0.855. The highest BCUT2D eigenvalue weighted by Gasteiger charge is 2.37. The van der Waals surface area contributed by atoms with Crippen LogP contribution in [0.3, 0.4) is 0 Å². The summed E-state index contributed by atoms with van der Waals surface area (Å²) in [6, 6.07) is 3.14. The second kappa shape index (κ2) is 5.47. The van der Waals surface area contributed by atoms with E-state index in [0.29, 0.717) is 6.42 Å². The summed E-state index contributed by atoms with van der Waals surface area (Å²) >= 11 is 0. The Kier molecular flexibility index (Phi) is 3.93. The number of piperidine rings is 1. The van der Waals surface area contributed by atoms with E-state index >= 15 is 0 Å². The van der Waals surface area contributed by atoms with E-state index in [-0.39, 0.29) is 12.0 Å². The lowest BCUT2D eigenvalue weighted by atomic mass is 9.78. The van der Waals surface area contributed by atoms with Gasteiger partial charge in [-0.2, -0.15) is 0 Å². The lowest BCUT2D eigenvalue weighted by Gasteiger charge is -2.30. The van der Waals surface area contributed by atoms with Gasteiger partial charge in [0, 0.05) is 18.3 Å². The second-order valence-corrected chi connectivity index (χ2v) is 4.78. The smallest absolute Gasteiger partial charge is 0.230 e. The molecule has 0 radical (unpaired) electrons. The topological polar surface area (TPSA) is 46.2 Å². The highest BCUT2D eigenvalue weighted by Crippen LogP contribution is 2.35. The summed E-state index contributed by atoms with van der Waals surface area (Å²) < 4.78 is 27.1. The number of imide groups is 1. The molecule has 3 nitrogen and oxygen atoms in total. The molecular formula is C14H15F2NO2. The summed E-state index contributed by atoms with van der Waals surface area (Å²) in [5.41, 5.74) is 0.113. The van der Waals surface area contributed by atoms with Crippen LogP contribution in [0.5, 0.6) is 0 Å². The van der Waals surface area contributed by atoms with Gasteiger partial charge < -0.3 is 0 Å². The van der Waals surface area contributed by atoms with Gasteiger partial charge in [0.05, 0.1) is 0 Å². The Hall–Kier alpha value is -1.78. The molecule has 5 heteroatoms. The van der Waals surface area contributed by atoms with E-state index in [9.17, 15) is 18.4 Å². The van der Waals surface area contributed by atoms with E-state index in [2.05, 4.69) is 5.32 Å². The predicted molar refractivity (Wildman–Crippen MR) is 65.3 cm³/mol. The molecule has 1 aliphatic rings. The molecule has 1 saturated heterocycles. The molecule has 1 N–H and O–H groups in total. The van der Waals surface area contributed by atoms with Gasteiger partial charge in [0.15, 0.2) is 0 Å². The van der Waals surface area contributed by atoms with Gasteiger partial charge in [-0.1, -0.05) is 13.3 Å². The monoisotopic (exact) mass is 267 g/mol. The molecule has 2 amide bonds. The molecular weight excluding hydrogens is 252 g/mol. The first-order chi connectivity index (χ1) is 9.02. The summed E-state index contributed by atoms with van der Waals surface area (Å²) in [6.45, 7) is 1.91. The first kappa shape index (κ1) is 13.6. The van der Waals surface area contributed by atoms with E-state index in [1.54, 1.807) is 0 Å². The van der Waals surface area contributed by atoms with E-state index in [0.717, 1.165) is 24.6 Å². The van der Waals surface area contributed by atoms with Crippen molar-refractivity contribution in [2.45, 2.75) is 32.1 Å². The van der Waals surface area contributed by atoms with Crippen LogP contribution in [-0.2, 0) is 9.59 Å². The number of hydrogen-bond acceptors (Lipinski definition) is 2. The minimum Gasteiger partial charge on any atom is -0.296 e. The molecule has 1 heterocycles. The van der Waals surface area contributed by atoms with Gasteiger partial charge in [0.25, 0.3) is 0 Å². The van der Waals surface area contributed by atoms with E-state index in [1.165, 1.54) is 0 Å². The molecule has 0 aromatic heterocycles. The highest BCUT2D eigenvalue weighted by atomic mass is 19.1. The van der Waals surface area contributed by atoms with Crippen LogP contribution < -0.4 is 5.32 Å². The largest absolute Gasteiger partial charge is 0.296 e. The Bertz CT molecular complexity index is 516. The van der Waals surface area contributed by atoms with Gasteiger partial charge in [0.2, 0.25) is 11.8 Å². The number of amides is 2. The van der Waals surface area contributed by atoms with Crippen LogP contribution in [0.1, 0.15) is 37.7 Å². The Labute approximate surface area is 110 Å². The van der Waals surface area contributed by atoms with Crippen molar-refractivity contribution in [1.29, 1.82) is 0 Å². The molecule has 2 unspecified atom stereocenters. The number of benzene rings is 1. The maximum Gasteiger partial charge on any atom is 0.230 e. The molecule has 102 valence electrons. The maximum absolute atomic E-state index is 13.8. The van der Waals surface area contributed by atoms with Gasteiger partial charge in [0.1, 0.15) is 11.6 Å². The molecule has 0 spiro atoms. The molecule has 19 heavy (non-hydrogen) atoms. The van der Waals surface area contributed by atoms with Gasteiger partial charge >= 0.3 is 0 Å². The van der Waals surface area contributed by atoms with Crippen molar-refractivity contribution in [2.24, 2.45) is 5.92 Å². The molecule has 1 aliphatic heterocycles. The molecule has 1 fully saturated rings. The lowest BCUT2D eigenvalue weighted by Crippen LogP contribution is -2.45. The average molecular weight is 267 g/mol. The number of nitrogens with one attached hydrogen (secondary N) is 1. The molecule has 0 bridgehead atoms. The summed E-state index contributed by atoms with van der Waals surface area (Å²) in [4.78, 5) is 23.3. The van der Waals surface area contributed by atoms with Crippen LogP contribution in [-0.4, -0.2) is 11.8 Å². The third-order valence-corrected chi connectivity index (χ3v) is 3.45. The van der Waals surface area contributed by atoms with E-state index in [4.69, 9.17) is 0 Å². The van der Waals surface area contributed by atoms with Crippen molar-refractivity contribution < 1.29 is 18.4 Å². The number of rotatable bonds is 3. The normalized spacial score (nSPS) is 23.3. The number of carbonyl (C=O) groups excluding carboxylic acids is 2. The molecule has 2 rings (SSSR count). The Morgan fingerprint density at radius 1 is 1.32 bits per heavy atom. The molecule has 0 aliphatic carbocycles. The number of carbonyl (C=O) groups is 2. The average Bonchev–Trinajstić information content (AvgIpc) is 2.35. The van der Waals surface area contributed by atoms with Gasteiger partial charge in [-0.15, -0.1) is 0 Å². The van der Waals surface area contributed by atoms with Crippen LogP contribution in [0.15, 0.2) is 18.2 Å². The van der Waals surface area contributed by atoms with Crippen LogP contribution >= 0.6 is 0 Å². The third-order valence-electron chi connectivity index (χ3n) is 3.45. The van der Waals surface area contributed by atoms with E-state index < -0.39 is 35.3 Å². The fourth-order valence-corrected chi connectivity index (χ4v) is 2.57. The van der Waals surface area contributed by atoms with Gasteiger partial charge in [-0.05, 0) is 30.2 Å². The van der Waals surface area contributed by atoms with Crippen molar-refractivity contribution in [1.82, 2.24) is 5.32 Å². The van der Waals surface area contributed by atoms with E-state index in [1.807, 2.05) is 6.92 Å². The van der Waals surface area contributed by atoms with Crippen molar-refractivity contribution >= 4 is 11.8 Å². The fraction of sp³-hybridized carbons (Fsp3) is 0.429. The Balaban J connectivity index is 2.40. The first-order valence-electron chi connectivity index (χ1n) is 6.31. The van der Waals surface area contributed by atoms with Gasteiger partial charge in [-0.25, -0.2) is 8.78 Å². The van der Waals surface area contributed by atoms with Crippen molar-refractivity contribution in [3.63, 3.8) is 0 Å². The zero-order chi connectivity index (χ0) is 14.0. The molecule has 0 saturated carbocycles. The summed E-state index contributed by atoms with van der Waals surface area (Å²) in [7, 11) is 0. The minimum atomic E-state index is -0.586. The zero-order valence-corrected chi connectivity index (χ0v) is 10.6. The zero-order valence-electron chi connectivity index (χ0n) is 10.6. The standard InChI is InChI=1S/C14H15F2NO2/c1-2-3-9-10(7-13(18)17-14(9)19)11-6-8(15)4-5-12(11)16/h4-6,9-10H,2-3,7H2,1H3,(H,17,18,19). The van der Waals surface area contributed by atoms with Crippen molar-refractivity contribution in [3.05, 3.63) is 35.4 Å². The second-order valence-electron chi connectivity index (χ2n) is 4.78. The summed E-state index contributed by atoms with van der Waals surface area (Å²) in [5.74, 6) is -3.05. The van der Waals surface area contributed by atoms with Crippen LogP contribution in [0.2, 0.25) is 0 Å². The summed E-state index contributed by atoms with van der Waals surface area (Å²) in [6.07, 6.45) is 1.29. The first-order valence-corrected chi connectivity index (χ1v) is 6.31. The van der Waals surface area contributed by atoms with Crippen LogP contribution in [0, 0.1) is 17.6 Å². The Morgan fingerprint density at radius 2 is 2.05 bits per heavy atom. The number of halogens is 2. The van der Waals surface area contributed by atoms with Crippen LogP contribution in [0.25, 0.3) is 0 Å². The third kappa shape index (κ3) is 2.80. The predicted octanol–water partition coefficient (Wildman–Crippen LogP) is 2.51. The van der Waals surface area contributed by atoms with Gasteiger partial charge in [-0.3, -0.25) is 14.9 Å². The minimum absolute atomic E-state index is 0.0107. The van der Waals surface area contributed by atoms with Crippen LogP contribution in [0.4, 0.5) is 8.78 Å². The fourth-order valence-electron chi connectivity index (χ4n) is 2.57. The molecule has 2 atom stereocenters. The Morgan fingerprint density at radius 3 is 2.74 bits per heavy atom. The maximum atomic E-state index is 13.8. The van der Waals surface area contributed by atoms with Crippen molar-refractivity contribution in [3.8, 4) is 0 Å². The molecule has 1 aromatic rings. The lowest BCUT2D eigenvalue weighted by molar-refractivity contribution is -0.137. The summed E-state index contributed by atoms with van der Waals surface area (Å²) in [5, 5.41) is 2.25. The van der Waals surface area contributed by atoms with Crippen molar-refractivity contribution in [2.75, 3.05) is 0 Å². The SMILES string of the molecule is CCCC1C(=O)NC(=O)CC1c1cc(F)ccc1F.